The van der Waals surface area contributed by atoms with Crippen molar-refractivity contribution in [3.8, 4) is 28.2 Å². The molecule has 206 valence electrons. The van der Waals surface area contributed by atoms with Gasteiger partial charge in [-0.15, -0.1) is 0 Å². The van der Waals surface area contributed by atoms with Crippen LogP contribution in [0, 0.1) is 0 Å². The van der Waals surface area contributed by atoms with Gasteiger partial charge in [0.1, 0.15) is 16.9 Å². The third kappa shape index (κ3) is 2.89. The topological polar surface area (TPSA) is 31.0 Å². The number of rotatable bonds is 1. The van der Waals surface area contributed by atoms with E-state index < -0.39 is 0 Å². The summed E-state index contributed by atoms with van der Waals surface area (Å²) in [6.07, 6.45) is 2.42. The average Bonchev–Trinajstić information content (AvgIpc) is 3.69. The Morgan fingerprint density at radius 2 is 1.47 bits per heavy atom. The summed E-state index contributed by atoms with van der Waals surface area (Å²) in [5, 5.41) is 2.30. The maximum atomic E-state index is 6.58. The standard InChI is InChI=1S/C39H31BN2O/c1-38(2)17-18-39(3,4)28-21-29-25(19-27(28)38)24-14-10-15-31-33(24)40(29)30-20-26-23-13-8-9-16-32(23)43-36(26)34-35(30)42(31)37(41-34)22-11-6-5-7-12-22/h5-16,19-21H,17-18H2,1-4H3. The van der Waals surface area contributed by atoms with Crippen molar-refractivity contribution in [1.29, 1.82) is 0 Å². The fourth-order valence-corrected chi connectivity index (χ4v) is 8.56. The van der Waals surface area contributed by atoms with E-state index in [0.29, 0.717) is 0 Å². The van der Waals surface area contributed by atoms with E-state index in [0.717, 1.165) is 38.8 Å². The average molecular weight is 555 g/mol. The molecule has 5 aromatic carbocycles. The maximum Gasteiger partial charge on any atom is 0.248 e. The van der Waals surface area contributed by atoms with Gasteiger partial charge in [-0.1, -0.05) is 112 Å². The number of hydrogen-bond donors (Lipinski definition) is 0. The van der Waals surface area contributed by atoms with Crippen LogP contribution in [0.3, 0.4) is 0 Å². The van der Waals surface area contributed by atoms with E-state index in [9.17, 15) is 0 Å². The van der Waals surface area contributed by atoms with Gasteiger partial charge in [-0.2, -0.15) is 0 Å². The van der Waals surface area contributed by atoms with Gasteiger partial charge in [0, 0.05) is 22.0 Å². The zero-order valence-corrected chi connectivity index (χ0v) is 25.0. The number of hydrogen-bond acceptors (Lipinski definition) is 2. The van der Waals surface area contributed by atoms with Gasteiger partial charge in [-0.25, -0.2) is 4.98 Å². The Balaban J connectivity index is 1.38. The van der Waals surface area contributed by atoms with Crippen LogP contribution in [0.5, 0.6) is 0 Å². The van der Waals surface area contributed by atoms with Gasteiger partial charge in [0.15, 0.2) is 5.58 Å². The lowest BCUT2D eigenvalue weighted by Gasteiger charge is -2.42. The molecule has 1 aliphatic carbocycles. The molecule has 4 heterocycles. The molecule has 2 aromatic heterocycles. The SMILES string of the molecule is CC1(C)CCC(C)(C)c2cc3c(cc21)B1c2c-3cccc2-n2c(-c3ccccc3)nc3c4oc5ccccc5c4cc1c32. The van der Waals surface area contributed by atoms with E-state index in [2.05, 4.69) is 123 Å². The molecule has 0 radical (unpaired) electrons. The second-order valence-electron chi connectivity index (χ2n) is 14.2. The first-order valence-electron chi connectivity index (χ1n) is 15.6. The second-order valence-corrected chi connectivity index (χ2v) is 14.2. The zero-order valence-electron chi connectivity index (χ0n) is 25.0. The fourth-order valence-electron chi connectivity index (χ4n) is 8.56. The van der Waals surface area contributed by atoms with Crippen molar-refractivity contribution in [3.05, 3.63) is 102 Å². The minimum absolute atomic E-state index is 0.147. The Morgan fingerprint density at radius 3 is 2.28 bits per heavy atom. The van der Waals surface area contributed by atoms with Crippen LogP contribution in [-0.2, 0) is 10.8 Å². The number of furan rings is 1. The van der Waals surface area contributed by atoms with Crippen LogP contribution in [0.2, 0.25) is 0 Å². The van der Waals surface area contributed by atoms with Crippen molar-refractivity contribution in [3.63, 3.8) is 0 Å². The predicted molar refractivity (Wildman–Crippen MR) is 179 cm³/mol. The summed E-state index contributed by atoms with van der Waals surface area (Å²) in [7, 11) is 0. The summed E-state index contributed by atoms with van der Waals surface area (Å²) in [5.74, 6) is 0.967. The molecule has 2 aliphatic heterocycles. The van der Waals surface area contributed by atoms with Gasteiger partial charge in [0.25, 0.3) is 0 Å². The van der Waals surface area contributed by atoms with Crippen molar-refractivity contribution >= 4 is 56.1 Å². The van der Waals surface area contributed by atoms with E-state index in [1.54, 1.807) is 0 Å². The Labute approximate surface area is 251 Å². The molecule has 0 bridgehead atoms. The molecule has 0 saturated carbocycles. The molecule has 7 aromatic rings. The number of aromatic nitrogens is 2. The Morgan fingerprint density at radius 1 is 0.721 bits per heavy atom. The molecular weight excluding hydrogens is 523 g/mol. The zero-order chi connectivity index (χ0) is 28.8. The minimum Gasteiger partial charge on any atom is -0.454 e. The Kier molecular flexibility index (Phi) is 4.28. The molecule has 0 N–H and O–H groups in total. The van der Waals surface area contributed by atoms with E-state index in [4.69, 9.17) is 9.40 Å². The molecular formula is C39H31BN2O. The lowest BCUT2D eigenvalue weighted by Crippen LogP contribution is -2.53. The van der Waals surface area contributed by atoms with Crippen LogP contribution in [0.25, 0.3) is 61.2 Å². The molecule has 43 heavy (non-hydrogen) atoms. The lowest BCUT2D eigenvalue weighted by atomic mass is 9.37. The highest BCUT2D eigenvalue weighted by molar-refractivity contribution is 7.01. The van der Waals surface area contributed by atoms with E-state index >= 15 is 0 Å². The molecule has 0 fully saturated rings. The molecule has 0 spiro atoms. The largest absolute Gasteiger partial charge is 0.454 e. The minimum atomic E-state index is 0.147. The number of nitrogens with zero attached hydrogens (tertiary/aromatic N) is 2. The van der Waals surface area contributed by atoms with E-state index in [1.165, 1.54) is 62.7 Å². The van der Waals surface area contributed by atoms with Crippen molar-refractivity contribution in [2.45, 2.75) is 51.4 Å². The molecule has 10 rings (SSSR count). The van der Waals surface area contributed by atoms with Gasteiger partial charge in [0.05, 0.1) is 5.52 Å². The smallest absolute Gasteiger partial charge is 0.248 e. The monoisotopic (exact) mass is 554 g/mol. The van der Waals surface area contributed by atoms with Crippen molar-refractivity contribution in [2.75, 3.05) is 0 Å². The van der Waals surface area contributed by atoms with Gasteiger partial charge >= 0.3 is 0 Å². The molecule has 3 nitrogen and oxygen atoms in total. The Bertz CT molecular complexity index is 2350. The second kappa shape index (κ2) is 7.68. The van der Waals surface area contributed by atoms with Gasteiger partial charge in [0.2, 0.25) is 6.71 Å². The van der Waals surface area contributed by atoms with Crippen molar-refractivity contribution in [2.24, 2.45) is 0 Å². The first-order chi connectivity index (χ1) is 20.8. The maximum absolute atomic E-state index is 6.58. The summed E-state index contributed by atoms with van der Waals surface area (Å²) >= 11 is 0. The first kappa shape index (κ1) is 23.9. The normalized spacial score (nSPS) is 17.0. The van der Waals surface area contributed by atoms with Crippen molar-refractivity contribution in [1.82, 2.24) is 9.55 Å². The molecule has 0 unspecified atom stereocenters. The van der Waals surface area contributed by atoms with Crippen LogP contribution >= 0.6 is 0 Å². The van der Waals surface area contributed by atoms with Crippen LogP contribution in [0.4, 0.5) is 0 Å². The summed E-state index contributed by atoms with van der Waals surface area (Å²) in [6, 6.07) is 33.5. The highest BCUT2D eigenvalue weighted by atomic mass is 16.3. The van der Waals surface area contributed by atoms with E-state index in [-0.39, 0.29) is 17.5 Å². The van der Waals surface area contributed by atoms with Gasteiger partial charge in [-0.3, -0.25) is 4.57 Å². The van der Waals surface area contributed by atoms with Crippen LogP contribution in [0.15, 0.2) is 95.4 Å². The highest BCUT2D eigenvalue weighted by Gasteiger charge is 2.45. The molecule has 4 heteroatoms. The lowest BCUT2D eigenvalue weighted by molar-refractivity contribution is 0.332. The molecule has 0 amide bonds. The highest BCUT2D eigenvalue weighted by Crippen LogP contribution is 2.48. The number of para-hydroxylation sites is 1. The quantitative estimate of drug-likeness (QED) is 0.194. The number of imidazole rings is 1. The number of fused-ring (bicyclic) bond motifs is 10. The Hall–Kier alpha value is -4.57. The third-order valence-corrected chi connectivity index (χ3v) is 10.9. The van der Waals surface area contributed by atoms with Gasteiger partial charge < -0.3 is 4.42 Å². The molecule has 3 aliphatic rings. The first-order valence-corrected chi connectivity index (χ1v) is 15.6. The van der Waals surface area contributed by atoms with Crippen LogP contribution < -0.4 is 16.4 Å². The third-order valence-electron chi connectivity index (χ3n) is 10.9. The fraction of sp³-hybridized carbons (Fsp3) is 0.205. The van der Waals surface area contributed by atoms with E-state index in [1.807, 2.05) is 0 Å². The molecule has 0 saturated heterocycles. The van der Waals surface area contributed by atoms with Crippen molar-refractivity contribution < 1.29 is 4.42 Å². The summed E-state index contributed by atoms with van der Waals surface area (Å²) in [5.41, 5.74) is 16.5. The summed E-state index contributed by atoms with van der Waals surface area (Å²) in [6.45, 7) is 9.89. The summed E-state index contributed by atoms with van der Waals surface area (Å²) in [4.78, 5) is 5.40. The number of benzene rings is 5. The van der Waals surface area contributed by atoms with Gasteiger partial charge in [-0.05, 0) is 69.0 Å². The summed E-state index contributed by atoms with van der Waals surface area (Å²) < 4.78 is 9.00. The van der Waals surface area contributed by atoms with Crippen LogP contribution in [-0.4, -0.2) is 16.3 Å². The molecule has 0 atom stereocenters. The van der Waals surface area contributed by atoms with Crippen LogP contribution in [0.1, 0.15) is 51.7 Å². The predicted octanol–water partition coefficient (Wildman–Crippen LogP) is 7.75.